The van der Waals surface area contributed by atoms with Crippen molar-refractivity contribution in [3.63, 3.8) is 0 Å². The predicted molar refractivity (Wildman–Crippen MR) is 423 cm³/mol. The van der Waals surface area contributed by atoms with Crippen molar-refractivity contribution in [3.8, 4) is 44.5 Å². The average Bonchev–Trinajstić information content (AvgIpc) is 1.33. The summed E-state index contributed by atoms with van der Waals surface area (Å²) in [6.45, 7) is 14.4. The Morgan fingerprint density at radius 2 is 0.458 bits per heavy atom. The van der Waals surface area contributed by atoms with Gasteiger partial charge < -0.3 is 0 Å². The molecule has 0 saturated carbocycles. The Bertz CT molecular complexity index is 4750. The van der Waals surface area contributed by atoms with Gasteiger partial charge in [-0.25, -0.2) is 0 Å². The molecule has 12 aromatic carbocycles. The zero-order valence-electron chi connectivity index (χ0n) is 58.4. The summed E-state index contributed by atoms with van der Waals surface area (Å²) in [5.74, 6) is 0. The maximum atomic E-state index is 3.07. The molecule has 0 aromatic heterocycles. The summed E-state index contributed by atoms with van der Waals surface area (Å²) in [4.78, 5) is 0. The normalized spacial score (nSPS) is 19.1. The molecule has 4 unspecified atom stereocenters. The van der Waals surface area contributed by atoms with Gasteiger partial charge in [-0.1, -0.05) is 0 Å². The van der Waals surface area contributed by atoms with Crippen LogP contribution in [0, 0.1) is 0 Å². The Hall–Kier alpha value is -7.16. The van der Waals surface area contributed by atoms with E-state index in [1.807, 2.05) is 0 Å². The zero-order chi connectivity index (χ0) is 66.1. The fourth-order valence-electron chi connectivity index (χ4n) is 23.2. The van der Waals surface area contributed by atoms with Crippen LogP contribution >= 0.6 is 0 Å². The number of hydrogen-bond donors (Lipinski definition) is 0. The van der Waals surface area contributed by atoms with E-state index in [4.69, 9.17) is 0 Å². The number of unbranched alkanes of at least 4 members (excludes halogenated alkanes) is 3. The quantitative estimate of drug-likeness (QED) is 0.0630. The minimum atomic E-state index is -4.88. The van der Waals surface area contributed by atoms with Gasteiger partial charge in [0, 0.05) is 0 Å². The van der Waals surface area contributed by atoms with Gasteiger partial charge in [0.2, 0.25) is 0 Å². The summed E-state index contributed by atoms with van der Waals surface area (Å²) in [6, 6.07) is 93.8. The van der Waals surface area contributed by atoms with Crippen molar-refractivity contribution in [2.45, 2.75) is 108 Å². The van der Waals surface area contributed by atoms with Gasteiger partial charge in [-0.3, -0.25) is 0 Å². The van der Waals surface area contributed by atoms with Gasteiger partial charge >= 0.3 is 575 Å². The molecule has 4 heteroatoms. The van der Waals surface area contributed by atoms with Crippen LogP contribution in [0.5, 0.6) is 0 Å². The molecule has 0 saturated heterocycles. The molecule has 0 spiro atoms. The monoisotopic (exact) mass is 1430 g/mol. The van der Waals surface area contributed by atoms with Crippen LogP contribution in [0.2, 0.25) is 39.9 Å². The first-order valence-corrected chi connectivity index (χ1v) is 70.0. The van der Waals surface area contributed by atoms with E-state index in [2.05, 4.69) is 326 Å². The van der Waals surface area contributed by atoms with E-state index in [1.54, 1.807) is 44.5 Å². The molecule has 0 N–H and O–H groups in total. The fourth-order valence-corrected chi connectivity index (χ4v) is 104. The van der Waals surface area contributed by atoms with E-state index < -0.39 is 46.2 Å². The molecule has 0 aliphatic heterocycles. The number of fused-ring (bicyclic) bond motifs is 8. The second-order valence-electron chi connectivity index (χ2n) is 33.9. The first-order chi connectivity index (χ1) is 46.4. The molecule has 96 heavy (non-hydrogen) atoms. The average molecular weight is 1440 g/mol. The van der Waals surface area contributed by atoms with Crippen LogP contribution in [-0.2, 0) is 32.9 Å². The number of allylic oxidation sites excluding steroid dienone is 4. The molecule has 4 aliphatic rings. The van der Waals surface area contributed by atoms with E-state index in [1.165, 1.54) is 144 Å². The van der Waals surface area contributed by atoms with Crippen molar-refractivity contribution in [1.82, 2.24) is 0 Å². The van der Waals surface area contributed by atoms with E-state index in [-0.39, 0.29) is 0 Å². The molecule has 4 atom stereocenters. The second-order valence-corrected chi connectivity index (χ2v) is 128. The van der Waals surface area contributed by atoms with Crippen LogP contribution in [0.1, 0.15) is 112 Å². The first-order valence-electron chi connectivity index (χ1n) is 36.4. The molecular formula is C92H94Si2Zr2. The van der Waals surface area contributed by atoms with Gasteiger partial charge in [0.25, 0.3) is 0 Å². The van der Waals surface area contributed by atoms with Crippen molar-refractivity contribution < 1.29 is 32.9 Å². The fraction of sp³-hybridized carbons (Fsp3) is 0.217. The molecular weight excluding hydrogens is 1340 g/mol. The SMILES string of the molecule is C[SiH2][Zr]([CH3])([CH3])([CH2]CCCC[CH2][Zr]([CH3])([CH3])([SiH2]C)([CH]1C(C)=Cc2c(-c3cccc4ccccc34)cccc21)[CH]1C(C)=Cc2c(-c3cccc4ccccc34)cccc21)([CH]1C(C)=Cc2c(-c3cccc4ccccc34)cccc21)[CH]1C(C)=Cc2c(-c3cccc4ccccc34)cccc21. The van der Waals surface area contributed by atoms with Crippen molar-refractivity contribution in [1.29, 1.82) is 0 Å². The molecule has 0 bridgehead atoms. The van der Waals surface area contributed by atoms with E-state index in [0.717, 1.165) is 0 Å². The van der Waals surface area contributed by atoms with Gasteiger partial charge in [-0.05, 0) is 0 Å². The molecule has 0 fully saturated rings. The van der Waals surface area contributed by atoms with Crippen molar-refractivity contribution >= 4 is 80.7 Å². The van der Waals surface area contributed by atoms with Gasteiger partial charge in [0.15, 0.2) is 0 Å². The second kappa shape index (κ2) is 22.7. The Morgan fingerprint density at radius 1 is 0.250 bits per heavy atom. The van der Waals surface area contributed by atoms with Gasteiger partial charge in [0.05, 0.1) is 0 Å². The van der Waals surface area contributed by atoms with E-state index in [9.17, 15) is 0 Å². The Labute approximate surface area is 569 Å². The van der Waals surface area contributed by atoms with Gasteiger partial charge in [-0.15, -0.1) is 0 Å². The van der Waals surface area contributed by atoms with Gasteiger partial charge in [0.1, 0.15) is 0 Å². The zero-order valence-corrected chi connectivity index (χ0v) is 66.1. The summed E-state index contributed by atoms with van der Waals surface area (Å²) in [6.07, 6.45) is 15.8. The summed E-state index contributed by atoms with van der Waals surface area (Å²) < 4.78 is 16.7. The molecule has 0 radical (unpaired) electrons. The molecule has 0 amide bonds. The van der Waals surface area contributed by atoms with Crippen LogP contribution in [0.3, 0.4) is 0 Å². The van der Waals surface area contributed by atoms with Crippen LogP contribution in [0.25, 0.3) is 112 Å². The molecule has 0 nitrogen and oxygen atoms in total. The van der Waals surface area contributed by atoms with Crippen molar-refractivity contribution in [3.05, 3.63) is 309 Å². The summed E-state index contributed by atoms with van der Waals surface area (Å²) in [7, 11) is 0. The third-order valence-corrected chi connectivity index (χ3v) is 129. The van der Waals surface area contributed by atoms with Crippen LogP contribution in [-0.4, -0.2) is 13.3 Å². The Kier molecular flexibility index (Phi) is 15.0. The molecule has 12 aromatic rings. The molecule has 0 heterocycles. The standard InChI is InChI=1S/4C20H15.C6H12.2CH5Si.4CH3.2Zr/c4*1-14-12-16-8-5-11-19(20(16)13-14)18-10-4-7-15-6-2-3-9-17(15)18;1-3-5-6-4-2;2*1-2;;;;;;/h4*2-13H,1H3;1-6H2;2*2H2,1H3;4*1H3;;. The third-order valence-electron chi connectivity index (χ3n) is 27.8. The summed E-state index contributed by atoms with van der Waals surface area (Å²) in [5, 5.41) is 10.6. The van der Waals surface area contributed by atoms with E-state index >= 15 is 0 Å². The Balaban J connectivity index is 0.809. The molecule has 478 valence electrons. The molecule has 16 rings (SSSR count). The topological polar surface area (TPSA) is 0 Å². The number of rotatable bonds is 17. The molecule has 4 aliphatic carbocycles. The van der Waals surface area contributed by atoms with Crippen LogP contribution in [0.15, 0.2) is 265 Å². The predicted octanol–water partition coefficient (Wildman–Crippen LogP) is 26.2. The van der Waals surface area contributed by atoms with Gasteiger partial charge in [-0.2, -0.15) is 0 Å². The maximum absolute atomic E-state index is 4.88. The van der Waals surface area contributed by atoms with Crippen molar-refractivity contribution in [2.75, 3.05) is 0 Å². The van der Waals surface area contributed by atoms with Crippen LogP contribution in [0.4, 0.5) is 0 Å². The summed E-state index contributed by atoms with van der Waals surface area (Å²) >= 11 is -9.76. The Morgan fingerprint density at radius 3 is 0.698 bits per heavy atom. The minimum absolute atomic E-state index is 0.424. The van der Waals surface area contributed by atoms with Crippen LogP contribution < -0.4 is 0 Å². The van der Waals surface area contributed by atoms with E-state index in [0.29, 0.717) is 14.5 Å². The first kappa shape index (κ1) is 63.6. The van der Waals surface area contributed by atoms with Crippen molar-refractivity contribution in [2.24, 2.45) is 0 Å². The summed E-state index contributed by atoms with van der Waals surface area (Å²) in [5.41, 5.74) is 29.8. The number of benzene rings is 12. The third kappa shape index (κ3) is 9.33. The number of hydrogen-bond acceptors (Lipinski definition) is 0.